The summed E-state index contributed by atoms with van der Waals surface area (Å²) in [6.07, 6.45) is 2.02. The predicted octanol–water partition coefficient (Wildman–Crippen LogP) is 2.59. The molecule has 0 bridgehead atoms. The van der Waals surface area contributed by atoms with E-state index in [1.807, 2.05) is 24.3 Å². The van der Waals surface area contributed by atoms with Crippen molar-refractivity contribution in [2.45, 2.75) is 31.8 Å². The average Bonchev–Trinajstić information content (AvgIpc) is 2.29. The van der Waals surface area contributed by atoms with Gasteiger partial charge in [-0.2, -0.15) is 0 Å². The van der Waals surface area contributed by atoms with E-state index in [1.165, 1.54) is 0 Å². The number of fused-ring (bicyclic) bond motifs is 1. The highest BCUT2D eigenvalue weighted by Crippen LogP contribution is 2.41. The van der Waals surface area contributed by atoms with Crippen molar-refractivity contribution >= 4 is 11.8 Å². The van der Waals surface area contributed by atoms with Crippen molar-refractivity contribution in [1.29, 1.82) is 0 Å². The number of carbonyl (C=O) groups is 1. The van der Waals surface area contributed by atoms with Crippen LogP contribution in [0.3, 0.4) is 0 Å². The molecule has 92 valence electrons. The Bertz CT molecular complexity index is 412. The van der Waals surface area contributed by atoms with Gasteiger partial charge in [0.1, 0.15) is 5.60 Å². The van der Waals surface area contributed by atoms with Crippen molar-refractivity contribution in [3.05, 3.63) is 29.8 Å². The highest BCUT2D eigenvalue weighted by Gasteiger charge is 2.40. The Hall–Kier alpha value is -1.55. The molecule has 0 spiro atoms. The quantitative estimate of drug-likeness (QED) is 0.841. The van der Waals surface area contributed by atoms with Gasteiger partial charge < -0.3 is 10.5 Å². The molecule has 0 aliphatic carbocycles. The Kier molecular flexibility index (Phi) is 3.33. The fourth-order valence-corrected chi connectivity index (χ4v) is 2.49. The Morgan fingerprint density at radius 2 is 2.12 bits per heavy atom. The monoisotopic (exact) mass is 234 g/mol. The molecule has 2 rings (SSSR count). The first-order valence-corrected chi connectivity index (χ1v) is 6.01. The maximum Gasteiger partial charge on any atom is 0.412 e. The Labute approximate surface area is 101 Å². The molecule has 1 aromatic rings. The van der Waals surface area contributed by atoms with Crippen molar-refractivity contribution in [1.82, 2.24) is 0 Å². The van der Waals surface area contributed by atoms with Crippen LogP contribution >= 0.6 is 0 Å². The van der Waals surface area contributed by atoms with E-state index in [2.05, 4.69) is 12.2 Å². The van der Waals surface area contributed by atoms with Crippen LogP contribution in [-0.4, -0.2) is 12.6 Å². The number of amides is 1. The van der Waals surface area contributed by atoms with Crippen molar-refractivity contribution in [2.24, 2.45) is 5.73 Å². The van der Waals surface area contributed by atoms with Gasteiger partial charge in [-0.25, -0.2) is 4.79 Å². The van der Waals surface area contributed by atoms with Gasteiger partial charge in [0.05, 0.1) is 5.69 Å². The van der Waals surface area contributed by atoms with E-state index >= 15 is 0 Å². The lowest BCUT2D eigenvalue weighted by Gasteiger charge is -2.38. The molecule has 4 heteroatoms. The van der Waals surface area contributed by atoms with Crippen LogP contribution in [0.2, 0.25) is 0 Å². The SMILES string of the molecule is CCCC1(CCN)OC(=O)Nc2ccccc21. The Balaban J connectivity index is 2.47. The molecule has 0 radical (unpaired) electrons. The van der Waals surface area contributed by atoms with Crippen LogP contribution in [0.4, 0.5) is 10.5 Å². The average molecular weight is 234 g/mol. The third-order valence-electron chi connectivity index (χ3n) is 3.14. The van der Waals surface area contributed by atoms with Gasteiger partial charge in [0.15, 0.2) is 0 Å². The molecule has 17 heavy (non-hydrogen) atoms. The molecule has 1 amide bonds. The van der Waals surface area contributed by atoms with E-state index in [-0.39, 0.29) is 6.09 Å². The lowest BCUT2D eigenvalue weighted by molar-refractivity contribution is -0.00149. The zero-order valence-corrected chi connectivity index (χ0v) is 10.0. The predicted molar refractivity (Wildman–Crippen MR) is 66.8 cm³/mol. The van der Waals surface area contributed by atoms with Gasteiger partial charge in [0, 0.05) is 12.0 Å². The van der Waals surface area contributed by atoms with E-state index in [0.717, 1.165) is 24.1 Å². The lowest BCUT2D eigenvalue weighted by Crippen LogP contribution is -2.41. The van der Waals surface area contributed by atoms with Gasteiger partial charge in [-0.15, -0.1) is 0 Å². The van der Waals surface area contributed by atoms with Crippen LogP contribution in [0.15, 0.2) is 24.3 Å². The smallest absolute Gasteiger partial charge is 0.412 e. The molecule has 0 saturated heterocycles. The molecule has 0 fully saturated rings. The highest BCUT2D eigenvalue weighted by molar-refractivity contribution is 5.88. The number of para-hydroxylation sites is 1. The number of anilines is 1. The molecule has 1 unspecified atom stereocenters. The van der Waals surface area contributed by atoms with Crippen molar-refractivity contribution < 1.29 is 9.53 Å². The number of cyclic esters (lactones) is 1. The van der Waals surface area contributed by atoms with Gasteiger partial charge in [-0.05, 0) is 19.0 Å². The number of hydrogen-bond donors (Lipinski definition) is 2. The van der Waals surface area contributed by atoms with Gasteiger partial charge in [-0.1, -0.05) is 31.5 Å². The van der Waals surface area contributed by atoms with Crippen LogP contribution in [0.25, 0.3) is 0 Å². The molecule has 1 aliphatic rings. The molecular formula is C13H18N2O2. The van der Waals surface area contributed by atoms with Crippen LogP contribution in [0.5, 0.6) is 0 Å². The number of benzene rings is 1. The highest BCUT2D eigenvalue weighted by atomic mass is 16.6. The van der Waals surface area contributed by atoms with Gasteiger partial charge in [-0.3, -0.25) is 5.32 Å². The molecule has 1 aromatic carbocycles. The number of ether oxygens (including phenoxy) is 1. The standard InChI is InChI=1S/C13H18N2O2/c1-2-7-13(8-9-14)10-5-3-4-6-11(10)15-12(16)17-13/h3-6H,2,7-9,14H2,1H3,(H,15,16). The second-order valence-corrected chi connectivity index (χ2v) is 4.34. The topological polar surface area (TPSA) is 64.3 Å². The fraction of sp³-hybridized carbons (Fsp3) is 0.462. The molecule has 1 atom stereocenters. The summed E-state index contributed by atoms with van der Waals surface area (Å²) in [5.41, 5.74) is 6.99. The molecule has 0 saturated carbocycles. The largest absolute Gasteiger partial charge is 0.438 e. The first kappa shape index (κ1) is 11.9. The minimum atomic E-state index is -0.553. The maximum atomic E-state index is 11.6. The van der Waals surface area contributed by atoms with E-state index < -0.39 is 5.60 Å². The normalized spacial score (nSPS) is 22.6. The van der Waals surface area contributed by atoms with Crippen molar-refractivity contribution in [3.8, 4) is 0 Å². The van der Waals surface area contributed by atoms with E-state index in [1.54, 1.807) is 0 Å². The summed E-state index contributed by atoms with van der Waals surface area (Å²) in [7, 11) is 0. The van der Waals surface area contributed by atoms with Crippen molar-refractivity contribution in [2.75, 3.05) is 11.9 Å². The minimum Gasteiger partial charge on any atom is -0.438 e. The Morgan fingerprint density at radius 1 is 1.35 bits per heavy atom. The fourth-order valence-electron chi connectivity index (χ4n) is 2.49. The third-order valence-corrected chi connectivity index (χ3v) is 3.14. The molecular weight excluding hydrogens is 216 g/mol. The van der Waals surface area contributed by atoms with E-state index in [4.69, 9.17) is 10.5 Å². The minimum absolute atomic E-state index is 0.384. The number of nitrogens with one attached hydrogen (secondary N) is 1. The summed E-state index contributed by atoms with van der Waals surface area (Å²) in [6, 6.07) is 7.76. The van der Waals surface area contributed by atoms with Crippen LogP contribution in [0, 0.1) is 0 Å². The van der Waals surface area contributed by atoms with E-state index in [0.29, 0.717) is 13.0 Å². The Morgan fingerprint density at radius 3 is 2.82 bits per heavy atom. The summed E-state index contributed by atoms with van der Waals surface area (Å²) < 4.78 is 5.55. The summed E-state index contributed by atoms with van der Waals surface area (Å²) in [4.78, 5) is 11.6. The molecule has 0 aromatic heterocycles. The lowest BCUT2D eigenvalue weighted by atomic mass is 9.84. The summed E-state index contributed by atoms with van der Waals surface area (Å²) in [6.45, 7) is 2.58. The van der Waals surface area contributed by atoms with E-state index in [9.17, 15) is 4.79 Å². The second kappa shape index (κ2) is 4.75. The first-order chi connectivity index (χ1) is 8.22. The first-order valence-electron chi connectivity index (χ1n) is 6.01. The summed E-state index contributed by atoms with van der Waals surface area (Å²) >= 11 is 0. The zero-order valence-electron chi connectivity index (χ0n) is 10.0. The molecule has 1 heterocycles. The summed E-state index contributed by atoms with van der Waals surface area (Å²) in [5.74, 6) is 0. The van der Waals surface area contributed by atoms with Gasteiger partial charge in [0.2, 0.25) is 0 Å². The molecule has 1 aliphatic heterocycles. The number of hydrogen-bond acceptors (Lipinski definition) is 3. The number of carbonyl (C=O) groups excluding carboxylic acids is 1. The van der Waals surface area contributed by atoms with Crippen LogP contribution in [0.1, 0.15) is 31.7 Å². The second-order valence-electron chi connectivity index (χ2n) is 4.34. The maximum absolute atomic E-state index is 11.6. The van der Waals surface area contributed by atoms with Gasteiger partial charge >= 0.3 is 6.09 Å². The number of rotatable bonds is 4. The molecule has 3 N–H and O–H groups in total. The summed E-state index contributed by atoms with van der Waals surface area (Å²) in [5, 5.41) is 2.73. The zero-order chi connectivity index (χ0) is 12.3. The van der Waals surface area contributed by atoms with Crippen LogP contribution in [-0.2, 0) is 10.3 Å². The van der Waals surface area contributed by atoms with Crippen LogP contribution < -0.4 is 11.1 Å². The number of nitrogens with two attached hydrogens (primary N) is 1. The third kappa shape index (κ3) is 2.13. The van der Waals surface area contributed by atoms with Crippen molar-refractivity contribution in [3.63, 3.8) is 0 Å². The molecule has 4 nitrogen and oxygen atoms in total. The van der Waals surface area contributed by atoms with Gasteiger partial charge in [0.25, 0.3) is 0 Å².